The number of amides is 1. The highest BCUT2D eigenvalue weighted by Crippen LogP contribution is 2.29. The second kappa shape index (κ2) is 11.4. The number of carbonyl (C=O) groups is 2. The Labute approximate surface area is 211 Å². The third-order valence-corrected chi connectivity index (χ3v) is 5.89. The lowest BCUT2D eigenvalue weighted by molar-refractivity contribution is -0.120. The molecule has 0 fully saturated rings. The molecule has 0 atom stereocenters. The van der Waals surface area contributed by atoms with Crippen molar-refractivity contribution >= 4 is 63.3 Å². The lowest BCUT2D eigenvalue weighted by Crippen LogP contribution is -2.19. The molecule has 0 spiro atoms. The van der Waals surface area contributed by atoms with Crippen molar-refractivity contribution in [2.75, 3.05) is 0 Å². The third-order valence-electron chi connectivity index (χ3n) is 4.29. The molecule has 9 heteroatoms. The van der Waals surface area contributed by atoms with Gasteiger partial charge in [0.1, 0.15) is 18.2 Å². The van der Waals surface area contributed by atoms with Crippen LogP contribution in [0.1, 0.15) is 27.0 Å². The maximum atomic E-state index is 12.9. The summed E-state index contributed by atoms with van der Waals surface area (Å²) in [5.74, 6) is -0.900. The van der Waals surface area contributed by atoms with Gasteiger partial charge in [0.25, 0.3) is 0 Å². The highest BCUT2D eigenvalue weighted by atomic mass is 127. The Balaban J connectivity index is 1.57. The zero-order valence-corrected chi connectivity index (χ0v) is 20.8. The summed E-state index contributed by atoms with van der Waals surface area (Å²) in [6, 6.07) is 16.0. The van der Waals surface area contributed by atoms with E-state index in [-0.39, 0.29) is 23.7 Å². The Morgan fingerprint density at radius 2 is 1.59 bits per heavy atom. The zero-order valence-electron chi connectivity index (χ0n) is 16.5. The van der Waals surface area contributed by atoms with Crippen LogP contribution in [0.25, 0.3) is 0 Å². The summed E-state index contributed by atoms with van der Waals surface area (Å²) < 4.78 is 20.6. The van der Waals surface area contributed by atoms with Crippen molar-refractivity contribution in [2.45, 2.75) is 13.0 Å². The molecular weight excluding hydrogens is 641 g/mol. The first-order valence-electron chi connectivity index (χ1n) is 9.32. The molecule has 3 aromatic carbocycles. The van der Waals surface area contributed by atoms with Crippen LogP contribution in [0, 0.1) is 13.0 Å². The molecule has 0 saturated heterocycles. The van der Waals surface area contributed by atoms with Gasteiger partial charge in [0.05, 0.1) is 25.3 Å². The summed E-state index contributed by atoms with van der Waals surface area (Å²) in [5.41, 5.74) is 5.04. The van der Waals surface area contributed by atoms with Gasteiger partial charge < -0.3 is 9.84 Å². The van der Waals surface area contributed by atoms with E-state index in [0.717, 1.165) is 18.3 Å². The molecule has 0 aliphatic heterocycles. The largest absolute Gasteiger partial charge is 0.487 e. The SMILES string of the molecule is O=C(Cc1ccc(F)cc1)N/N=C/c1cc(I)c(OCc2ccc(C(=O)O)cc2)c(I)c1. The van der Waals surface area contributed by atoms with Crippen LogP contribution in [0.2, 0.25) is 0 Å². The van der Waals surface area contributed by atoms with Crippen LogP contribution in [0.15, 0.2) is 65.8 Å². The zero-order chi connectivity index (χ0) is 23.1. The van der Waals surface area contributed by atoms with Gasteiger partial charge in [0.15, 0.2) is 0 Å². The maximum absolute atomic E-state index is 12.9. The molecule has 1 amide bonds. The van der Waals surface area contributed by atoms with Crippen molar-refractivity contribution in [3.63, 3.8) is 0 Å². The molecule has 32 heavy (non-hydrogen) atoms. The van der Waals surface area contributed by atoms with Crippen molar-refractivity contribution < 1.29 is 23.8 Å². The van der Waals surface area contributed by atoms with E-state index in [2.05, 4.69) is 55.7 Å². The molecule has 0 aliphatic rings. The number of nitrogens with zero attached hydrogens (tertiary/aromatic N) is 1. The van der Waals surface area contributed by atoms with Crippen LogP contribution in [-0.2, 0) is 17.8 Å². The first-order valence-corrected chi connectivity index (χ1v) is 11.5. The van der Waals surface area contributed by atoms with Crippen LogP contribution in [0.5, 0.6) is 5.75 Å². The molecule has 3 aromatic rings. The van der Waals surface area contributed by atoms with Gasteiger partial charge in [-0.25, -0.2) is 14.6 Å². The number of hydrazone groups is 1. The number of rotatable bonds is 8. The molecule has 2 N–H and O–H groups in total. The van der Waals surface area contributed by atoms with Crippen LogP contribution in [0.3, 0.4) is 0 Å². The lowest BCUT2D eigenvalue weighted by atomic mass is 10.1. The van der Waals surface area contributed by atoms with E-state index in [1.54, 1.807) is 42.6 Å². The Bertz CT molecular complexity index is 1130. The first-order chi connectivity index (χ1) is 15.3. The highest BCUT2D eigenvalue weighted by Gasteiger charge is 2.10. The number of carboxylic acids is 1. The number of benzene rings is 3. The summed E-state index contributed by atoms with van der Waals surface area (Å²) in [4.78, 5) is 22.9. The van der Waals surface area contributed by atoms with Gasteiger partial charge in [-0.2, -0.15) is 5.10 Å². The van der Waals surface area contributed by atoms with Crippen molar-refractivity contribution in [3.05, 3.63) is 95.9 Å². The fourth-order valence-electron chi connectivity index (χ4n) is 2.70. The van der Waals surface area contributed by atoms with E-state index < -0.39 is 5.97 Å². The predicted molar refractivity (Wildman–Crippen MR) is 135 cm³/mol. The number of nitrogens with one attached hydrogen (secondary N) is 1. The topological polar surface area (TPSA) is 88.0 Å². The quantitative estimate of drug-likeness (QED) is 0.203. The minimum atomic E-state index is -0.967. The van der Waals surface area contributed by atoms with Gasteiger partial charge in [-0.05, 0) is 98.3 Å². The summed E-state index contributed by atoms with van der Waals surface area (Å²) >= 11 is 4.33. The fraction of sp³-hybridized carbons (Fsp3) is 0.0870. The van der Waals surface area contributed by atoms with E-state index >= 15 is 0 Å². The summed E-state index contributed by atoms with van der Waals surface area (Å²) in [5, 5.41) is 13.0. The smallest absolute Gasteiger partial charge is 0.335 e. The predicted octanol–water partition coefficient (Wildman–Crippen LogP) is 5.00. The number of ether oxygens (including phenoxy) is 1. The average molecular weight is 658 g/mol. The summed E-state index contributed by atoms with van der Waals surface area (Å²) in [7, 11) is 0. The van der Waals surface area contributed by atoms with Gasteiger partial charge in [0.2, 0.25) is 5.91 Å². The molecule has 6 nitrogen and oxygen atoms in total. The van der Waals surface area contributed by atoms with E-state index in [9.17, 15) is 14.0 Å². The normalized spacial score (nSPS) is 10.8. The maximum Gasteiger partial charge on any atom is 0.335 e. The van der Waals surface area contributed by atoms with Gasteiger partial charge >= 0.3 is 5.97 Å². The van der Waals surface area contributed by atoms with Gasteiger partial charge in [-0.1, -0.05) is 24.3 Å². The monoisotopic (exact) mass is 658 g/mol. The number of hydrogen-bond donors (Lipinski definition) is 2. The molecule has 164 valence electrons. The van der Waals surface area contributed by atoms with Crippen molar-refractivity contribution in [1.82, 2.24) is 5.43 Å². The molecule has 3 rings (SSSR count). The van der Waals surface area contributed by atoms with Crippen molar-refractivity contribution in [3.8, 4) is 5.75 Å². The van der Waals surface area contributed by atoms with Crippen LogP contribution in [-0.4, -0.2) is 23.2 Å². The molecule has 0 aromatic heterocycles. The third kappa shape index (κ3) is 6.99. The van der Waals surface area contributed by atoms with E-state index in [1.807, 2.05) is 12.1 Å². The Morgan fingerprint density at radius 1 is 1.00 bits per heavy atom. The number of halogens is 3. The lowest BCUT2D eigenvalue weighted by Gasteiger charge is -2.11. The Morgan fingerprint density at radius 3 is 2.19 bits per heavy atom. The Hall–Kier alpha value is -2.54. The number of carboxylic acid groups (broad SMARTS) is 1. The van der Waals surface area contributed by atoms with E-state index in [0.29, 0.717) is 17.9 Å². The molecule has 0 saturated carbocycles. The van der Waals surface area contributed by atoms with E-state index in [1.165, 1.54) is 12.1 Å². The number of hydrogen-bond acceptors (Lipinski definition) is 4. The van der Waals surface area contributed by atoms with Crippen LogP contribution >= 0.6 is 45.2 Å². The standard InChI is InChI=1S/C23H17FI2N2O4/c24-18-7-3-14(4-8-18)11-21(29)28-27-12-16-9-19(25)22(20(26)10-16)32-13-15-1-5-17(6-2-15)23(30)31/h1-10,12H,11,13H2,(H,28,29)(H,30,31)/b27-12+. The van der Waals surface area contributed by atoms with Gasteiger partial charge in [0, 0.05) is 0 Å². The van der Waals surface area contributed by atoms with Crippen LogP contribution in [0.4, 0.5) is 4.39 Å². The minimum Gasteiger partial charge on any atom is -0.487 e. The first kappa shape index (κ1) is 24.1. The molecule has 0 radical (unpaired) electrons. The molecule has 0 bridgehead atoms. The molecular formula is C23H17FI2N2O4. The second-order valence-electron chi connectivity index (χ2n) is 6.70. The summed E-state index contributed by atoms with van der Waals surface area (Å²) in [6.07, 6.45) is 1.65. The van der Waals surface area contributed by atoms with Gasteiger partial charge in [-0.3, -0.25) is 4.79 Å². The number of aromatic carboxylic acids is 1. The van der Waals surface area contributed by atoms with Crippen molar-refractivity contribution in [2.24, 2.45) is 5.10 Å². The van der Waals surface area contributed by atoms with Crippen LogP contribution < -0.4 is 10.2 Å². The minimum absolute atomic E-state index is 0.104. The highest BCUT2D eigenvalue weighted by molar-refractivity contribution is 14.1. The molecule has 0 unspecified atom stereocenters. The van der Waals surface area contributed by atoms with E-state index in [4.69, 9.17) is 9.84 Å². The van der Waals surface area contributed by atoms with Crippen molar-refractivity contribution in [1.29, 1.82) is 0 Å². The summed E-state index contributed by atoms with van der Waals surface area (Å²) in [6.45, 7) is 0.304. The second-order valence-corrected chi connectivity index (χ2v) is 9.03. The average Bonchev–Trinajstić information content (AvgIpc) is 2.75. The fourth-order valence-corrected chi connectivity index (χ4v) is 4.82. The molecule has 0 aliphatic carbocycles. The Kier molecular flexibility index (Phi) is 8.56. The van der Waals surface area contributed by atoms with Gasteiger partial charge in [-0.15, -0.1) is 0 Å². The number of carbonyl (C=O) groups excluding carboxylic acids is 1. The molecule has 0 heterocycles.